The molecule has 2 saturated heterocycles. The summed E-state index contributed by atoms with van der Waals surface area (Å²) in [7, 11) is 0. The van der Waals surface area contributed by atoms with Gasteiger partial charge in [-0.15, -0.1) is 0 Å². The molecule has 1 atom stereocenters. The van der Waals surface area contributed by atoms with Crippen molar-refractivity contribution >= 4 is 17.3 Å². The molecular formula is C27H27N5O. The Kier molecular flexibility index (Phi) is 5.70. The molecule has 1 spiro atoms. The quantitative estimate of drug-likeness (QED) is 0.638. The number of amides is 1. The molecule has 0 radical (unpaired) electrons. The Balaban J connectivity index is 1.29. The highest BCUT2D eigenvalue weighted by molar-refractivity contribution is 5.79. The summed E-state index contributed by atoms with van der Waals surface area (Å²) >= 11 is 0. The smallest absolute Gasteiger partial charge is 0.227 e. The molecule has 0 aliphatic carbocycles. The maximum atomic E-state index is 13.2. The van der Waals surface area contributed by atoms with Crippen molar-refractivity contribution in [3.63, 3.8) is 0 Å². The van der Waals surface area contributed by atoms with E-state index in [2.05, 4.69) is 45.5 Å². The molecule has 2 aliphatic heterocycles. The summed E-state index contributed by atoms with van der Waals surface area (Å²) in [5, 5.41) is 12.5. The van der Waals surface area contributed by atoms with Crippen LogP contribution < -0.4 is 10.2 Å². The Bertz CT molecular complexity index is 1130. The normalized spacial score (nSPS) is 18.6. The largest absolute Gasteiger partial charge is 0.383 e. The molecule has 6 heteroatoms. The highest BCUT2D eigenvalue weighted by atomic mass is 16.2. The number of likely N-dealkylation sites (tertiary alicyclic amines) is 1. The summed E-state index contributed by atoms with van der Waals surface area (Å²) in [6.45, 7) is 4.26. The Morgan fingerprint density at radius 1 is 1.06 bits per heavy atom. The number of nitrogens with one attached hydrogen (secondary N) is 1. The summed E-state index contributed by atoms with van der Waals surface area (Å²) in [5.74, 6) is 0.517. The van der Waals surface area contributed by atoms with E-state index in [4.69, 9.17) is 5.26 Å². The first kappa shape index (κ1) is 21.0. The maximum absolute atomic E-state index is 13.2. The molecule has 1 amide bonds. The Labute approximate surface area is 194 Å². The fraction of sp³-hybridized carbons (Fsp3) is 0.296. The zero-order chi connectivity index (χ0) is 22.7. The number of para-hydroxylation sites is 1. The van der Waals surface area contributed by atoms with Crippen molar-refractivity contribution < 1.29 is 4.79 Å². The van der Waals surface area contributed by atoms with Crippen LogP contribution in [0.4, 0.5) is 11.4 Å². The predicted molar refractivity (Wildman–Crippen MR) is 129 cm³/mol. The molecule has 1 aromatic heterocycles. The van der Waals surface area contributed by atoms with Crippen molar-refractivity contribution in [2.45, 2.75) is 6.42 Å². The summed E-state index contributed by atoms with van der Waals surface area (Å²) in [6, 6.07) is 23.9. The van der Waals surface area contributed by atoms with Gasteiger partial charge in [0.25, 0.3) is 0 Å². The van der Waals surface area contributed by atoms with Gasteiger partial charge in [-0.05, 0) is 42.0 Å². The van der Waals surface area contributed by atoms with Crippen molar-refractivity contribution in [2.24, 2.45) is 11.3 Å². The minimum atomic E-state index is 0.0887. The van der Waals surface area contributed by atoms with Gasteiger partial charge in [0.2, 0.25) is 5.91 Å². The Morgan fingerprint density at radius 2 is 1.85 bits per heavy atom. The number of aromatic nitrogens is 1. The number of hydrogen-bond donors (Lipinski definition) is 1. The summed E-state index contributed by atoms with van der Waals surface area (Å²) in [4.78, 5) is 21.8. The SMILES string of the molecule is N#Cc1ccc(CC(=O)N2CC(CNc3cccnc3)C3(C2)CN(c2ccccc2)C3)cc1. The first-order valence-corrected chi connectivity index (χ1v) is 11.4. The van der Waals surface area contributed by atoms with Crippen LogP contribution in [0.2, 0.25) is 0 Å². The standard InChI is InChI=1S/C27H27N5O/c28-14-22-10-8-21(9-11-22)13-26(33)31-17-23(15-30-24-5-4-12-29-16-24)27(18-31)19-32(20-27)25-6-2-1-3-7-25/h1-12,16,23,30H,13,15,17-20H2. The van der Waals surface area contributed by atoms with E-state index in [-0.39, 0.29) is 11.3 Å². The van der Waals surface area contributed by atoms with Crippen molar-refractivity contribution in [1.82, 2.24) is 9.88 Å². The predicted octanol–water partition coefficient (Wildman–Crippen LogP) is 3.57. The van der Waals surface area contributed by atoms with E-state index >= 15 is 0 Å². The van der Waals surface area contributed by atoms with Gasteiger partial charge in [-0.25, -0.2) is 0 Å². The number of carbonyl (C=O) groups is 1. The van der Waals surface area contributed by atoms with Crippen LogP contribution in [0.1, 0.15) is 11.1 Å². The molecule has 5 rings (SSSR count). The third-order valence-corrected chi connectivity index (χ3v) is 6.95. The lowest BCUT2D eigenvalue weighted by Gasteiger charge is -2.52. The number of nitriles is 1. The monoisotopic (exact) mass is 437 g/mol. The number of carbonyl (C=O) groups excluding carboxylic acids is 1. The number of hydrogen-bond acceptors (Lipinski definition) is 5. The summed E-state index contributed by atoms with van der Waals surface area (Å²) < 4.78 is 0. The van der Waals surface area contributed by atoms with Gasteiger partial charge in [-0.1, -0.05) is 30.3 Å². The van der Waals surface area contributed by atoms with E-state index in [0.29, 0.717) is 17.9 Å². The molecule has 3 heterocycles. The first-order chi connectivity index (χ1) is 16.1. The average Bonchev–Trinajstić information content (AvgIpc) is 3.24. The van der Waals surface area contributed by atoms with Gasteiger partial charge in [0.15, 0.2) is 0 Å². The first-order valence-electron chi connectivity index (χ1n) is 11.4. The zero-order valence-electron chi connectivity index (χ0n) is 18.5. The summed E-state index contributed by atoms with van der Waals surface area (Å²) in [6.07, 6.45) is 3.98. The number of benzene rings is 2. The van der Waals surface area contributed by atoms with Crippen LogP contribution in [0.15, 0.2) is 79.1 Å². The second-order valence-electron chi connectivity index (χ2n) is 9.13. The lowest BCUT2D eigenvalue weighted by Crippen LogP contribution is -2.61. The van der Waals surface area contributed by atoms with Gasteiger partial charge in [-0.2, -0.15) is 5.26 Å². The van der Waals surface area contributed by atoms with E-state index in [1.165, 1.54) is 5.69 Å². The molecular weight excluding hydrogens is 410 g/mol. The van der Waals surface area contributed by atoms with Crippen LogP contribution in [0.25, 0.3) is 0 Å². The molecule has 6 nitrogen and oxygen atoms in total. The van der Waals surface area contributed by atoms with Gasteiger partial charge in [0.05, 0.1) is 23.7 Å². The van der Waals surface area contributed by atoms with Crippen LogP contribution >= 0.6 is 0 Å². The van der Waals surface area contributed by atoms with Gasteiger partial charge in [0, 0.05) is 62.1 Å². The molecule has 0 saturated carbocycles. The topological polar surface area (TPSA) is 72.3 Å². The molecule has 2 aliphatic rings. The molecule has 0 bridgehead atoms. The van der Waals surface area contributed by atoms with Crippen LogP contribution in [-0.2, 0) is 11.2 Å². The molecule has 2 aromatic carbocycles. The molecule has 2 fully saturated rings. The zero-order valence-corrected chi connectivity index (χ0v) is 18.5. The second kappa shape index (κ2) is 8.95. The van der Waals surface area contributed by atoms with Crippen molar-refractivity contribution in [3.8, 4) is 6.07 Å². The molecule has 3 aromatic rings. The molecule has 1 unspecified atom stereocenters. The van der Waals surface area contributed by atoms with Gasteiger partial charge >= 0.3 is 0 Å². The third-order valence-electron chi connectivity index (χ3n) is 6.95. The van der Waals surface area contributed by atoms with Crippen LogP contribution in [0, 0.1) is 22.7 Å². The van der Waals surface area contributed by atoms with Crippen LogP contribution in [0.3, 0.4) is 0 Å². The fourth-order valence-corrected chi connectivity index (χ4v) is 5.09. The number of rotatable bonds is 6. The fourth-order valence-electron chi connectivity index (χ4n) is 5.09. The Hall–Kier alpha value is -3.85. The molecule has 1 N–H and O–H groups in total. The van der Waals surface area contributed by atoms with Crippen molar-refractivity contribution in [1.29, 1.82) is 5.26 Å². The minimum Gasteiger partial charge on any atom is -0.383 e. The molecule has 33 heavy (non-hydrogen) atoms. The number of nitrogens with zero attached hydrogens (tertiary/aromatic N) is 4. The van der Waals surface area contributed by atoms with E-state index in [1.54, 1.807) is 18.3 Å². The van der Waals surface area contributed by atoms with Crippen LogP contribution in [-0.4, -0.2) is 48.5 Å². The average molecular weight is 438 g/mol. The van der Waals surface area contributed by atoms with Gasteiger partial charge in [0.1, 0.15) is 0 Å². The van der Waals surface area contributed by atoms with E-state index in [1.807, 2.05) is 41.4 Å². The highest BCUT2D eigenvalue weighted by Crippen LogP contribution is 2.45. The summed E-state index contributed by atoms with van der Waals surface area (Å²) in [5.41, 5.74) is 3.90. The number of anilines is 2. The van der Waals surface area contributed by atoms with Crippen molar-refractivity contribution in [3.05, 3.63) is 90.3 Å². The van der Waals surface area contributed by atoms with E-state index in [9.17, 15) is 4.79 Å². The van der Waals surface area contributed by atoms with Gasteiger partial charge < -0.3 is 15.1 Å². The second-order valence-corrected chi connectivity index (χ2v) is 9.13. The van der Waals surface area contributed by atoms with Crippen molar-refractivity contribution in [2.75, 3.05) is 42.9 Å². The van der Waals surface area contributed by atoms with E-state index in [0.717, 1.165) is 44.0 Å². The molecule has 166 valence electrons. The maximum Gasteiger partial charge on any atom is 0.227 e. The third kappa shape index (κ3) is 4.40. The lowest BCUT2D eigenvalue weighted by molar-refractivity contribution is -0.130. The highest BCUT2D eigenvalue weighted by Gasteiger charge is 2.54. The number of pyridine rings is 1. The van der Waals surface area contributed by atoms with Crippen LogP contribution in [0.5, 0.6) is 0 Å². The van der Waals surface area contributed by atoms with E-state index < -0.39 is 0 Å². The van der Waals surface area contributed by atoms with Gasteiger partial charge in [-0.3, -0.25) is 9.78 Å². The Morgan fingerprint density at radius 3 is 2.55 bits per heavy atom. The lowest BCUT2D eigenvalue weighted by atomic mass is 9.71. The minimum absolute atomic E-state index is 0.0887.